The van der Waals surface area contributed by atoms with Gasteiger partial charge in [0.1, 0.15) is 17.6 Å². The summed E-state index contributed by atoms with van der Waals surface area (Å²) in [4.78, 5) is 14.9. The molecular weight excluding hydrogens is 683 g/mol. The zero-order valence-corrected chi connectivity index (χ0v) is 31.5. The zero-order chi connectivity index (χ0) is 37.8. The molecule has 0 saturated heterocycles. The molecule has 5 heterocycles. The summed E-state index contributed by atoms with van der Waals surface area (Å²) < 4.78 is 7.38. The molecule has 10 rings (SSSR count). The van der Waals surface area contributed by atoms with E-state index in [1.165, 1.54) is 16.7 Å². The van der Waals surface area contributed by atoms with Gasteiger partial charge in [0.05, 0.1) is 22.7 Å². The number of H-pyrrole nitrogens is 1. The highest BCUT2D eigenvalue weighted by Crippen LogP contribution is 2.49. The van der Waals surface area contributed by atoms with Crippen molar-refractivity contribution in [3.8, 4) is 22.3 Å². The molecular formula is C52H39N3O. The number of aryl methyl sites for hydroxylation is 3. The second-order valence-corrected chi connectivity index (χ2v) is 14.8. The van der Waals surface area contributed by atoms with Crippen LogP contribution in [0.2, 0.25) is 0 Å². The maximum atomic E-state index is 7.38. The van der Waals surface area contributed by atoms with Crippen molar-refractivity contribution in [3.05, 3.63) is 231 Å². The minimum atomic E-state index is -0.367. The Bertz CT molecular complexity index is 2930. The first-order chi connectivity index (χ1) is 27.5. The summed E-state index contributed by atoms with van der Waals surface area (Å²) in [6, 6.07) is 51.3. The Morgan fingerprint density at radius 2 is 0.964 bits per heavy atom. The number of aliphatic imine (C=N–C) groups is 2. The Morgan fingerprint density at radius 1 is 0.464 bits per heavy atom. The third-order valence-corrected chi connectivity index (χ3v) is 10.9. The van der Waals surface area contributed by atoms with Gasteiger partial charge in [-0.15, -0.1) is 0 Å². The smallest absolute Gasteiger partial charge is 0.145 e. The molecule has 7 aromatic rings. The summed E-state index contributed by atoms with van der Waals surface area (Å²) in [5.41, 5.74) is 16.6. The second-order valence-electron chi connectivity index (χ2n) is 14.8. The van der Waals surface area contributed by atoms with E-state index in [1.54, 1.807) is 0 Å². The van der Waals surface area contributed by atoms with Crippen LogP contribution in [-0.4, -0.2) is 16.4 Å². The Hall–Kier alpha value is -7.04. The van der Waals surface area contributed by atoms with Crippen molar-refractivity contribution in [1.29, 1.82) is 0 Å². The van der Waals surface area contributed by atoms with Crippen LogP contribution in [-0.2, 0) is 0 Å². The van der Waals surface area contributed by atoms with E-state index in [9.17, 15) is 0 Å². The molecule has 4 heteroatoms. The van der Waals surface area contributed by atoms with E-state index in [0.29, 0.717) is 0 Å². The van der Waals surface area contributed by atoms with Crippen molar-refractivity contribution in [2.45, 2.75) is 26.8 Å². The maximum Gasteiger partial charge on any atom is 0.145 e. The van der Waals surface area contributed by atoms with Gasteiger partial charge in [-0.05, 0) is 78.9 Å². The molecule has 56 heavy (non-hydrogen) atoms. The summed E-state index contributed by atoms with van der Waals surface area (Å²) in [5.74, 6) is 1.57. The molecule has 1 unspecified atom stereocenters. The van der Waals surface area contributed by atoms with Crippen molar-refractivity contribution in [2.75, 3.05) is 0 Å². The number of hydrogen-bond donors (Lipinski definition) is 1. The van der Waals surface area contributed by atoms with Crippen molar-refractivity contribution in [1.82, 2.24) is 4.98 Å². The fourth-order valence-electron chi connectivity index (χ4n) is 8.08. The van der Waals surface area contributed by atoms with Gasteiger partial charge >= 0.3 is 0 Å². The monoisotopic (exact) mass is 721 g/mol. The SMILES string of the molecule is Cc1ccc(/C2=C3\C=CC(=N3)/C(c3ccc(C)cc3)=c3/cc/c([nH]3)=C(\c3ccc(C)cc3)C3=NC(C=C3)c3oc2c(-c2ccccc2)c3-c2ccccc2)cc1. The van der Waals surface area contributed by atoms with Crippen LogP contribution in [0.5, 0.6) is 0 Å². The minimum absolute atomic E-state index is 0.367. The molecule has 0 spiro atoms. The summed E-state index contributed by atoms with van der Waals surface area (Å²) in [7, 11) is 0. The number of hydrogen-bond acceptors (Lipinski definition) is 3. The lowest BCUT2D eigenvalue weighted by Gasteiger charge is -2.13. The molecule has 268 valence electrons. The van der Waals surface area contributed by atoms with Crippen LogP contribution in [0.15, 0.2) is 190 Å². The predicted molar refractivity (Wildman–Crippen MR) is 230 cm³/mol. The van der Waals surface area contributed by atoms with E-state index in [-0.39, 0.29) is 6.04 Å². The minimum Gasteiger partial charge on any atom is -0.457 e. The van der Waals surface area contributed by atoms with Crippen LogP contribution < -0.4 is 10.7 Å². The van der Waals surface area contributed by atoms with E-state index in [2.05, 4.69) is 196 Å². The van der Waals surface area contributed by atoms with Gasteiger partial charge < -0.3 is 9.40 Å². The number of aromatic nitrogens is 1. The Kier molecular flexibility index (Phi) is 8.18. The normalized spacial score (nSPS) is 19.1. The molecule has 8 bridgehead atoms. The van der Waals surface area contributed by atoms with E-state index < -0.39 is 0 Å². The molecule has 3 aliphatic heterocycles. The van der Waals surface area contributed by atoms with Gasteiger partial charge in [0.25, 0.3) is 0 Å². The molecule has 2 aromatic heterocycles. The third-order valence-electron chi connectivity index (χ3n) is 10.9. The maximum absolute atomic E-state index is 7.38. The summed E-state index contributed by atoms with van der Waals surface area (Å²) in [6.07, 6.45) is 8.63. The lowest BCUT2D eigenvalue weighted by Crippen LogP contribution is -2.21. The second kappa shape index (κ2) is 13.7. The molecule has 0 saturated carbocycles. The van der Waals surface area contributed by atoms with Crippen LogP contribution >= 0.6 is 0 Å². The molecule has 0 fully saturated rings. The van der Waals surface area contributed by atoms with Gasteiger partial charge in [-0.3, -0.25) is 4.99 Å². The lowest BCUT2D eigenvalue weighted by atomic mass is 9.89. The van der Waals surface area contributed by atoms with Gasteiger partial charge in [0.2, 0.25) is 0 Å². The molecule has 4 nitrogen and oxygen atoms in total. The van der Waals surface area contributed by atoms with Gasteiger partial charge in [-0.1, -0.05) is 156 Å². The summed E-state index contributed by atoms with van der Waals surface area (Å²) in [5, 5.41) is 1.97. The number of benzene rings is 5. The van der Waals surface area contributed by atoms with E-state index in [1.807, 2.05) is 0 Å². The number of allylic oxidation sites excluding steroid dienone is 3. The van der Waals surface area contributed by atoms with Gasteiger partial charge in [-0.25, -0.2) is 4.99 Å². The van der Waals surface area contributed by atoms with Gasteiger partial charge in [0.15, 0.2) is 0 Å². The first-order valence-electron chi connectivity index (χ1n) is 19.2. The Labute approximate surface area is 326 Å². The van der Waals surface area contributed by atoms with Crippen LogP contribution in [0.1, 0.15) is 50.9 Å². The highest BCUT2D eigenvalue weighted by atomic mass is 16.3. The van der Waals surface area contributed by atoms with Crippen molar-refractivity contribution < 1.29 is 4.42 Å². The van der Waals surface area contributed by atoms with Gasteiger partial charge in [0, 0.05) is 33.0 Å². The highest BCUT2D eigenvalue weighted by molar-refractivity contribution is 6.31. The standard InChI is InChI=1S/C52H39N3O/c1-32-14-20-37(21-15-32)46-40-26-27-41(53-40)47(38-22-16-33(2)17-23-38)43-30-31-45(55-43)51-49(35-10-6-4-7-11-35)50(36-12-8-5-9-13-36)52(56-51)48(44-29-28-42(46)54-44)39-24-18-34(3)19-25-39/h4-31,45,53H,1-3H3/b46-40-,47-41-,48-44-. The molecule has 0 amide bonds. The first kappa shape index (κ1) is 33.5. The average molecular weight is 722 g/mol. The molecule has 1 N–H and O–H groups in total. The number of fused-ring (bicyclic) bond motifs is 7. The fourth-order valence-corrected chi connectivity index (χ4v) is 8.08. The van der Waals surface area contributed by atoms with Crippen LogP contribution in [0, 0.1) is 20.8 Å². The lowest BCUT2D eigenvalue weighted by molar-refractivity contribution is 0.488. The first-order valence-corrected chi connectivity index (χ1v) is 19.2. The number of rotatable bonds is 5. The van der Waals surface area contributed by atoms with E-state index in [4.69, 9.17) is 14.4 Å². The topological polar surface area (TPSA) is 53.6 Å². The largest absolute Gasteiger partial charge is 0.457 e. The van der Waals surface area contributed by atoms with Crippen molar-refractivity contribution in [3.63, 3.8) is 0 Å². The molecule has 1 atom stereocenters. The molecule has 0 aliphatic carbocycles. The quantitative estimate of drug-likeness (QED) is 0.189. The molecule has 5 aromatic carbocycles. The van der Waals surface area contributed by atoms with Gasteiger partial charge in [-0.2, -0.15) is 0 Å². The van der Waals surface area contributed by atoms with Crippen molar-refractivity contribution >= 4 is 28.1 Å². The number of nitrogens with zero attached hydrogens (tertiary/aromatic N) is 2. The number of furan rings is 1. The number of nitrogens with one attached hydrogen (secondary N) is 1. The fraction of sp³-hybridized carbons (Fsp3) is 0.0769. The summed E-state index contributed by atoms with van der Waals surface area (Å²) >= 11 is 0. The summed E-state index contributed by atoms with van der Waals surface area (Å²) in [6.45, 7) is 6.36. The predicted octanol–water partition coefficient (Wildman–Crippen LogP) is 10.8. The third kappa shape index (κ3) is 5.87. The van der Waals surface area contributed by atoms with E-state index in [0.717, 1.165) is 95.0 Å². The average Bonchev–Trinajstić information content (AvgIpc) is 4.06. The van der Waals surface area contributed by atoms with Crippen LogP contribution in [0.3, 0.4) is 0 Å². The Balaban J connectivity index is 1.37. The molecule has 0 radical (unpaired) electrons. The van der Waals surface area contributed by atoms with E-state index >= 15 is 0 Å². The Morgan fingerprint density at radius 3 is 1.52 bits per heavy atom. The highest BCUT2D eigenvalue weighted by Gasteiger charge is 2.33. The molecule has 3 aliphatic rings. The zero-order valence-electron chi connectivity index (χ0n) is 31.5. The van der Waals surface area contributed by atoms with Crippen LogP contribution in [0.4, 0.5) is 0 Å². The van der Waals surface area contributed by atoms with Crippen molar-refractivity contribution in [2.24, 2.45) is 9.98 Å². The van der Waals surface area contributed by atoms with Crippen LogP contribution in [0.25, 0.3) is 39.0 Å². The number of aromatic amines is 1.